The molecule has 4 unspecified atom stereocenters. The van der Waals surface area contributed by atoms with E-state index < -0.39 is 11.7 Å². The molecule has 0 amide bonds. The first-order valence-corrected chi connectivity index (χ1v) is 10.7. The van der Waals surface area contributed by atoms with Crippen molar-refractivity contribution >= 4 is 0 Å². The molecule has 0 bridgehead atoms. The van der Waals surface area contributed by atoms with E-state index in [-0.39, 0.29) is 23.2 Å². The number of methoxy groups -OCH3 is 2. The summed E-state index contributed by atoms with van der Waals surface area (Å²) >= 11 is 0. The first kappa shape index (κ1) is 25.0. The lowest BCUT2D eigenvalue weighted by atomic mass is 9.90. The van der Waals surface area contributed by atoms with Gasteiger partial charge in [-0.1, -0.05) is 42.4 Å². The molecule has 1 aromatic rings. The summed E-state index contributed by atoms with van der Waals surface area (Å²) < 4.78 is 15.9. The number of rotatable bonds is 10. The van der Waals surface area contributed by atoms with Crippen LogP contribution in [0.3, 0.4) is 0 Å². The predicted molar refractivity (Wildman–Crippen MR) is 124 cm³/mol. The highest BCUT2D eigenvalue weighted by Crippen LogP contribution is 2.41. The molecule has 6 nitrogen and oxygen atoms in total. The smallest absolute Gasteiger partial charge is 0.238 e. The molecule has 2 N–H and O–H groups in total. The maximum absolute atomic E-state index is 12.4. The minimum atomic E-state index is -0.514. The minimum absolute atomic E-state index is 0.0149. The molecule has 0 aromatic carbocycles. The molecule has 0 spiro atoms. The second-order valence-corrected chi connectivity index (χ2v) is 8.64. The molecule has 2 rings (SSSR count). The van der Waals surface area contributed by atoms with Gasteiger partial charge in [0.1, 0.15) is 5.60 Å². The summed E-state index contributed by atoms with van der Waals surface area (Å²) in [5.41, 5.74) is 3.16. The Morgan fingerprint density at radius 3 is 2.52 bits per heavy atom. The van der Waals surface area contributed by atoms with E-state index in [2.05, 4.69) is 36.2 Å². The molecule has 0 aliphatic carbocycles. The molecular weight excluding hydrogens is 394 g/mol. The number of allylic oxidation sites excluding steroid dienone is 5. The summed E-state index contributed by atoms with van der Waals surface area (Å²) in [6.45, 7) is 11.8. The van der Waals surface area contributed by atoms with Crippen LogP contribution in [0.1, 0.15) is 52.3 Å². The van der Waals surface area contributed by atoms with Gasteiger partial charge in [-0.25, -0.2) is 0 Å². The highest BCUT2D eigenvalue weighted by Gasteiger charge is 2.55. The van der Waals surface area contributed by atoms with Crippen molar-refractivity contribution < 1.29 is 19.3 Å². The highest BCUT2D eigenvalue weighted by atomic mass is 16.6. The Labute approximate surface area is 185 Å². The van der Waals surface area contributed by atoms with Crippen LogP contribution in [-0.2, 0) is 11.2 Å². The molecule has 2 heterocycles. The molecule has 1 aromatic heterocycles. The van der Waals surface area contributed by atoms with Gasteiger partial charge in [0, 0.05) is 23.6 Å². The minimum Gasteiger partial charge on any atom is -0.488 e. The van der Waals surface area contributed by atoms with Crippen molar-refractivity contribution in [2.75, 3.05) is 14.2 Å². The number of aromatic amines is 1. The van der Waals surface area contributed by atoms with Crippen LogP contribution in [0.15, 0.2) is 40.2 Å². The van der Waals surface area contributed by atoms with Crippen LogP contribution < -0.4 is 14.9 Å². The van der Waals surface area contributed by atoms with E-state index in [9.17, 15) is 9.90 Å². The third kappa shape index (κ3) is 5.89. The average molecular weight is 432 g/mol. The second kappa shape index (κ2) is 10.3. The molecular formula is C25H37NO5. The van der Waals surface area contributed by atoms with Crippen molar-refractivity contribution in [2.45, 2.75) is 72.2 Å². The maximum Gasteiger partial charge on any atom is 0.238 e. The maximum atomic E-state index is 12.4. The number of hydrogen-bond donors (Lipinski definition) is 2. The Bertz CT molecular complexity index is 927. The highest BCUT2D eigenvalue weighted by molar-refractivity contribution is 5.40. The van der Waals surface area contributed by atoms with Gasteiger partial charge in [0.25, 0.3) is 0 Å². The van der Waals surface area contributed by atoms with Crippen LogP contribution in [0.25, 0.3) is 0 Å². The van der Waals surface area contributed by atoms with E-state index in [0.717, 1.165) is 17.7 Å². The zero-order valence-electron chi connectivity index (χ0n) is 20.0. The quantitative estimate of drug-likeness (QED) is 0.329. The lowest BCUT2D eigenvalue weighted by Gasteiger charge is -2.20. The van der Waals surface area contributed by atoms with Crippen LogP contribution in [0, 0.1) is 12.8 Å². The van der Waals surface area contributed by atoms with Crippen LogP contribution in [0.2, 0.25) is 0 Å². The van der Waals surface area contributed by atoms with Gasteiger partial charge >= 0.3 is 0 Å². The number of epoxide rings is 1. The number of aliphatic hydroxyl groups excluding tert-OH is 1. The number of hydrogen-bond acceptors (Lipinski definition) is 5. The fourth-order valence-electron chi connectivity index (χ4n) is 3.76. The number of ether oxygens (including phenoxy) is 3. The fourth-order valence-corrected chi connectivity index (χ4v) is 3.76. The Morgan fingerprint density at radius 1 is 1.32 bits per heavy atom. The fraction of sp³-hybridized carbons (Fsp3) is 0.560. The van der Waals surface area contributed by atoms with Gasteiger partial charge in [-0.15, -0.1) is 0 Å². The van der Waals surface area contributed by atoms with Crippen molar-refractivity contribution in [3.8, 4) is 11.6 Å². The number of aromatic nitrogens is 1. The molecule has 172 valence electrons. The second-order valence-electron chi connectivity index (χ2n) is 8.64. The van der Waals surface area contributed by atoms with E-state index in [4.69, 9.17) is 14.2 Å². The Kier molecular flexibility index (Phi) is 8.32. The molecule has 0 saturated carbocycles. The lowest BCUT2D eigenvalue weighted by molar-refractivity contribution is 0.0564. The summed E-state index contributed by atoms with van der Waals surface area (Å²) in [5.74, 6) is 0.558. The van der Waals surface area contributed by atoms with Gasteiger partial charge in [0.15, 0.2) is 0 Å². The van der Waals surface area contributed by atoms with Crippen molar-refractivity contribution in [1.29, 1.82) is 0 Å². The first-order valence-electron chi connectivity index (χ1n) is 10.7. The van der Waals surface area contributed by atoms with Crippen molar-refractivity contribution in [3.63, 3.8) is 0 Å². The van der Waals surface area contributed by atoms with E-state index >= 15 is 0 Å². The number of H-pyrrole nitrogens is 1. The molecule has 31 heavy (non-hydrogen) atoms. The van der Waals surface area contributed by atoms with E-state index in [0.29, 0.717) is 17.9 Å². The summed E-state index contributed by atoms with van der Waals surface area (Å²) in [6, 6.07) is 0. The number of nitrogens with one attached hydrogen (secondary N) is 1. The normalized spacial score (nSPS) is 23.7. The van der Waals surface area contributed by atoms with Gasteiger partial charge in [-0.05, 0) is 41.0 Å². The molecule has 4 atom stereocenters. The summed E-state index contributed by atoms with van der Waals surface area (Å²) in [4.78, 5) is 15.6. The van der Waals surface area contributed by atoms with Crippen LogP contribution >= 0.6 is 0 Å². The van der Waals surface area contributed by atoms with Gasteiger partial charge in [0.05, 0.1) is 26.4 Å². The van der Waals surface area contributed by atoms with Crippen LogP contribution in [0.5, 0.6) is 11.6 Å². The average Bonchev–Trinajstić information content (AvgIpc) is 3.35. The zero-order valence-corrected chi connectivity index (χ0v) is 20.0. The first-order chi connectivity index (χ1) is 14.5. The van der Waals surface area contributed by atoms with Crippen molar-refractivity contribution in [2.24, 2.45) is 5.92 Å². The summed E-state index contributed by atoms with van der Waals surface area (Å²) in [7, 11) is 2.97. The monoisotopic (exact) mass is 431 g/mol. The standard InChI is InChI=1S/C25H37NO5/c1-15(12-13-20-18(4)21(27)22(29-7)24(26-20)30-8)10-9-11-16(2)14-17(3)23(28)25(6)19(5)31-25/h9,11-12,14,17,19,23,28H,10,13H2,1-8H3,(H,26,27)/b11-9+,15-12+,16-14+. The largest absolute Gasteiger partial charge is 0.488 e. The number of pyridine rings is 1. The van der Waals surface area contributed by atoms with Crippen molar-refractivity contribution in [1.82, 2.24) is 4.98 Å². The van der Waals surface area contributed by atoms with Crippen molar-refractivity contribution in [3.05, 3.63) is 56.9 Å². The molecule has 1 aliphatic rings. The summed E-state index contributed by atoms with van der Waals surface area (Å²) in [6.07, 6.45) is 9.37. The van der Waals surface area contributed by atoms with Crippen LogP contribution in [-0.4, -0.2) is 42.1 Å². The van der Waals surface area contributed by atoms with E-state index in [1.807, 2.05) is 27.7 Å². The lowest BCUT2D eigenvalue weighted by Crippen LogP contribution is -2.33. The SMILES string of the molecule is COc1[nH]c(C/C=C(\C)C/C=C/C(C)=C/C(C)C(O)C2(C)OC2C)c(C)c(=O)c1OC. The zero-order chi connectivity index (χ0) is 23.3. The Hall–Kier alpha value is -2.31. The van der Waals surface area contributed by atoms with Gasteiger partial charge in [-0.3, -0.25) is 4.79 Å². The Balaban J connectivity index is 1.98. The third-order valence-corrected chi connectivity index (χ3v) is 6.15. The molecule has 6 heteroatoms. The third-order valence-electron chi connectivity index (χ3n) is 6.15. The Morgan fingerprint density at radius 2 is 1.97 bits per heavy atom. The van der Waals surface area contributed by atoms with Crippen LogP contribution in [0.4, 0.5) is 0 Å². The van der Waals surface area contributed by atoms with Gasteiger partial charge < -0.3 is 24.3 Å². The molecule has 1 aliphatic heterocycles. The topological polar surface area (TPSA) is 84.1 Å². The van der Waals surface area contributed by atoms with E-state index in [1.165, 1.54) is 19.8 Å². The predicted octanol–water partition coefficient (Wildman–Crippen LogP) is 4.26. The number of aliphatic hydroxyl groups is 1. The summed E-state index contributed by atoms with van der Waals surface area (Å²) in [5, 5.41) is 10.5. The van der Waals surface area contributed by atoms with E-state index in [1.54, 1.807) is 6.92 Å². The molecule has 1 fully saturated rings. The van der Waals surface area contributed by atoms with Gasteiger partial charge in [-0.2, -0.15) is 0 Å². The van der Waals surface area contributed by atoms with Gasteiger partial charge in [0.2, 0.25) is 17.1 Å². The molecule has 1 saturated heterocycles. The molecule has 0 radical (unpaired) electrons.